The molecule has 1 N–H and O–H groups in total. The summed E-state index contributed by atoms with van der Waals surface area (Å²) in [7, 11) is 2.90. The van der Waals surface area contributed by atoms with E-state index in [1.165, 1.54) is 32.6 Å². The molecule has 0 bridgehead atoms. The molecule has 0 aliphatic carbocycles. The number of ketones is 1. The molecule has 0 atom stereocenters. The van der Waals surface area contributed by atoms with E-state index < -0.39 is 24.3 Å². The Morgan fingerprint density at radius 3 is 2.56 bits per heavy atom. The van der Waals surface area contributed by atoms with Gasteiger partial charge in [-0.05, 0) is 30.3 Å². The quantitative estimate of drug-likeness (QED) is 0.569. The highest BCUT2D eigenvalue weighted by atomic mass is 16.5. The first-order chi connectivity index (χ1) is 12.0. The molecule has 132 valence electrons. The molecular weight excluding hydrogens is 330 g/mol. The van der Waals surface area contributed by atoms with Gasteiger partial charge in [-0.15, -0.1) is 0 Å². The number of amides is 1. The second-order valence-electron chi connectivity index (χ2n) is 4.81. The molecule has 2 rings (SSSR count). The minimum absolute atomic E-state index is 0.0741. The van der Waals surface area contributed by atoms with Crippen molar-refractivity contribution in [2.45, 2.75) is 0 Å². The molecule has 0 unspecified atom stereocenters. The Morgan fingerprint density at radius 1 is 1.12 bits per heavy atom. The maximum absolute atomic E-state index is 12.2. The van der Waals surface area contributed by atoms with Gasteiger partial charge in [0.2, 0.25) is 5.78 Å². The smallest absolute Gasteiger partial charge is 0.325 e. The van der Waals surface area contributed by atoms with Crippen molar-refractivity contribution in [1.29, 1.82) is 0 Å². The summed E-state index contributed by atoms with van der Waals surface area (Å²) in [6, 6.07) is 7.73. The van der Waals surface area contributed by atoms with E-state index in [9.17, 15) is 14.4 Å². The first-order valence-electron chi connectivity index (χ1n) is 7.27. The summed E-state index contributed by atoms with van der Waals surface area (Å²) in [5, 5.41) is 2.33. The Hall–Kier alpha value is -3.29. The van der Waals surface area contributed by atoms with Crippen LogP contribution in [0.1, 0.15) is 20.9 Å². The zero-order valence-electron chi connectivity index (χ0n) is 13.7. The third-order valence-electron chi connectivity index (χ3n) is 3.21. The van der Waals surface area contributed by atoms with Crippen LogP contribution in [0.25, 0.3) is 0 Å². The van der Waals surface area contributed by atoms with E-state index in [0.29, 0.717) is 11.5 Å². The lowest BCUT2D eigenvalue weighted by Crippen LogP contribution is -2.31. The minimum atomic E-state index is -0.755. The van der Waals surface area contributed by atoms with Gasteiger partial charge in [-0.2, -0.15) is 0 Å². The number of ether oxygens (including phenoxy) is 3. The van der Waals surface area contributed by atoms with Crippen LogP contribution < -0.4 is 14.8 Å². The number of esters is 1. The van der Waals surface area contributed by atoms with Gasteiger partial charge < -0.3 is 23.9 Å². The van der Waals surface area contributed by atoms with Gasteiger partial charge in [0.1, 0.15) is 18.0 Å². The van der Waals surface area contributed by atoms with Gasteiger partial charge in [-0.25, -0.2) is 0 Å². The van der Waals surface area contributed by atoms with E-state index in [0.717, 1.165) is 0 Å². The third kappa shape index (κ3) is 4.84. The average molecular weight is 347 g/mol. The molecule has 0 saturated carbocycles. The number of Topliss-reactive ketones (excluding diaryl/α,β-unsaturated/α-hetero) is 1. The Balaban J connectivity index is 1.87. The van der Waals surface area contributed by atoms with E-state index in [-0.39, 0.29) is 17.9 Å². The van der Waals surface area contributed by atoms with Crippen LogP contribution in [-0.2, 0) is 9.53 Å². The van der Waals surface area contributed by atoms with Crippen LogP contribution in [0, 0.1) is 0 Å². The Morgan fingerprint density at radius 2 is 1.92 bits per heavy atom. The normalized spacial score (nSPS) is 10.0. The summed E-state index contributed by atoms with van der Waals surface area (Å²) in [5.41, 5.74) is 0.231. The van der Waals surface area contributed by atoms with Crippen molar-refractivity contribution in [3.63, 3.8) is 0 Å². The highest BCUT2D eigenvalue weighted by molar-refractivity contribution is 6.01. The minimum Gasteiger partial charge on any atom is -0.497 e. The first kappa shape index (κ1) is 18.1. The monoisotopic (exact) mass is 347 g/mol. The van der Waals surface area contributed by atoms with Gasteiger partial charge in [0.05, 0.1) is 26.0 Å². The lowest BCUT2D eigenvalue weighted by molar-refractivity contribution is -0.141. The SMILES string of the molecule is COc1ccc(OC)c(C(=O)COC(=O)CNC(=O)c2ccco2)c1. The molecule has 1 amide bonds. The maximum atomic E-state index is 12.2. The standard InChI is InChI=1S/C17H17NO7/c1-22-11-5-6-14(23-2)12(8-11)13(19)10-25-16(20)9-18-17(21)15-4-3-7-24-15/h3-8H,9-10H2,1-2H3,(H,18,21). The van der Waals surface area contributed by atoms with Crippen LogP contribution in [0.15, 0.2) is 41.0 Å². The van der Waals surface area contributed by atoms with Crippen molar-refractivity contribution < 1.29 is 33.0 Å². The summed E-state index contributed by atoms with van der Waals surface area (Å²) in [5.74, 6) is -0.876. The highest BCUT2D eigenvalue weighted by Crippen LogP contribution is 2.24. The van der Waals surface area contributed by atoms with E-state index >= 15 is 0 Å². The van der Waals surface area contributed by atoms with Crippen LogP contribution in [-0.4, -0.2) is 45.0 Å². The van der Waals surface area contributed by atoms with Crippen LogP contribution >= 0.6 is 0 Å². The number of rotatable bonds is 8. The van der Waals surface area contributed by atoms with Crippen LogP contribution in [0.5, 0.6) is 11.5 Å². The zero-order chi connectivity index (χ0) is 18.2. The van der Waals surface area contributed by atoms with Crippen LogP contribution in [0.4, 0.5) is 0 Å². The molecule has 1 heterocycles. The molecule has 1 aromatic heterocycles. The second kappa shape index (κ2) is 8.53. The fourth-order valence-corrected chi connectivity index (χ4v) is 1.95. The lowest BCUT2D eigenvalue weighted by Gasteiger charge is -2.10. The van der Waals surface area contributed by atoms with E-state index in [1.807, 2.05) is 0 Å². The number of benzene rings is 1. The highest BCUT2D eigenvalue weighted by Gasteiger charge is 2.17. The molecule has 8 nitrogen and oxygen atoms in total. The number of nitrogens with one attached hydrogen (secondary N) is 1. The fourth-order valence-electron chi connectivity index (χ4n) is 1.95. The molecule has 0 aliphatic rings. The van der Waals surface area contributed by atoms with Crippen molar-refractivity contribution in [2.75, 3.05) is 27.4 Å². The molecule has 2 aromatic rings. The summed E-state index contributed by atoms with van der Waals surface area (Å²) in [6.07, 6.45) is 1.34. The van der Waals surface area contributed by atoms with E-state index in [1.54, 1.807) is 18.2 Å². The molecule has 0 aliphatic heterocycles. The molecular formula is C17H17NO7. The lowest BCUT2D eigenvalue weighted by atomic mass is 10.1. The Labute approximate surface area is 143 Å². The second-order valence-corrected chi connectivity index (χ2v) is 4.81. The summed E-state index contributed by atoms with van der Waals surface area (Å²) >= 11 is 0. The molecule has 0 radical (unpaired) electrons. The van der Waals surface area contributed by atoms with Crippen molar-refractivity contribution in [3.8, 4) is 11.5 Å². The van der Waals surface area contributed by atoms with Gasteiger partial charge in [-0.1, -0.05) is 0 Å². The molecule has 0 saturated heterocycles. The topological polar surface area (TPSA) is 104 Å². The van der Waals surface area contributed by atoms with Crippen molar-refractivity contribution in [2.24, 2.45) is 0 Å². The number of hydrogen-bond donors (Lipinski definition) is 1. The van der Waals surface area contributed by atoms with Crippen LogP contribution in [0.3, 0.4) is 0 Å². The molecule has 25 heavy (non-hydrogen) atoms. The number of carbonyl (C=O) groups is 3. The summed E-state index contributed by atoms with van der Waals surface area (Å²) in [4.78, 5) is 35.5. The van der Waals surface area contributed by atoms with E-state index in [4.69, 9.17) is 18.6 Å². The van der Waals surface area contributed by atoms with Crippen molar-refractivity contribution in [3.05, 3.63) is 47.9 Å². The Kier molecular flexibility index (Phi) is 6.16. The van der Waals surface area contributed by atoms with Crippen molar-refractivity contribution >= 4 is 17.7 Å². The third-order valence-corrected chi connectivity index (χ3v) is 3.21. The van der Waals surface area contributed by atoms with Crippen molar-refractivity contribution in [1.82, 2.24) is 5.32 Å². The zero-order valence-corrected chi connectivity index (χ0v) is 13.7. The molecule has 1 aromatic carbocycles. The van der Waals surface area contributed by atoms with Gasteiger partial charge in [0, 0.05) is 0 Å². The summed E-state index contributed by atoms with van der Waals surface area (Å²) in [6.45, 7) is -0.874. The number of hydrogen-bond acceptors (Lipinski definition) is 7. The first-order valence-corrected chi connectivity index (χ1v) is 7.27. The predicted octanol–water partition coefficient (Wildman–Crippen LogP) is 1.45. The molecule has 0 spiro atoms. The Bertz CT molecular complexity index is 752. The summed E-state index contributed by atoms with van der Waals surface area (Å²) < 4.78 is 19.9. The fraction of sp³-hybridized carbons (Fsp3) is 0.235. The largest absolute Gasteiger partial charge is 0.497 e. The number of carbonyl (C=O) groups excluding carboxylic acids is 3. The van der Waals surface area contributed by atoms with Crippen LogP contribution in [0.2, 0.25) is 0 Å². The van der Waals surface area contributed by atoms with Gasteiger partial charge in [0.25, 0.3) is 5.91 Å². The number of furan rings is 1. The average Bonchev–Trinajstić information content (AvgIpc) is 3.18. The predicted molar refractivity (Wildman–Crippen MR) is 85.9 cm³/mol. The molecule has 8 heteroatoms. The van der Waals surface area contributed by atoms with Gasteiger partial charge >= 0.3 is 5.97 Å². The van der Waals surface area contributed by atoms with E-state index in [2.05, 4.69) is 5.32 Å². The maximum Gasteiger partial charge on any atom is 0.325 e. The van der Waals surface area contributed by atoms with Gasteiger partial charge in [-0.3, -0.25) is 14.4 Å². The molecule has 0 fully saturated rings. The van der Waals surface area contributed by atoms with Gasteiger partial charge in [0.15, 0.2) is 12.4 Å². The number of methoxy groups -OCH3 is 2.